The highest BCUT2D eigenvalue weighted by Gasteiger charge is 2.21. The first-order valence-electron chi connectivity index (χ1n) is 17.2. The number of aromatic nitrogens is 8. The van der Waals surface area contributed by atoms with Crippen molar-refractivity contribution in [2.75, 3.05) is 43.1 Å². The van der Waals surface area contributed by atoms with Crippen LogP contribution in [0, 0.1) is 6.57 Å². The van der Waals surface area contributed by atoms with Gasteiger partial charge < -0.3 is 18.9 Å². The lowest BCUT2D eigenvalue weighted by Crippen LogP contribution is -2.29. The molecule has 6 aromatic rings. The summed E-state index contributed by atoms with van der Waals surface area (Å²) in [6.45, 7) is 11.1. The highest BCUT2D eigenvalue weighted by atomic mass is 32.2. The van der Waals surface area contributed by atoms with Gasteiger partial charge in [0.1, 0.15) is 22.7 Å². The van der Waals surface area contributed by atoms with Crippen LogP contribution in [0.5, 0.6) is 0 Å². The van der Waals surface area contributed by atoms with Gasteiger partial charge in [-0.2, -0.15) is 0 Å². The van der Waals surface area contributed by atoms with Crippen molar-refractivity contribution in [1.29, 1.82) is 0 Å². The van der Waals surface area contributed by atoms with E-state index in [2.05, 4.69) is 46.4 Å². The van der Waals surface area contributed by atoms with E-state index < -0.39 is 20.0 Å². The maximum atomic E-state index is 11.9. The van der Waals surface area contributed by atoms with Crippen LogP contribution in [0.3, 0.4) is 0 Å². The molecule has 0 atom stereocenters. The van der Waals surface area contributed by atoms with Gasteiger partial charge in [0.15, 0.2) is 0 Å². The van der Waals surface area contributed by atoms with Crippen molar-refractivity contribution in [2.24, 2.45) is 14.1 Å². The quantitative estimate of drug-likeness (QED) is 0.166. The number of pyridine rings is 4. The number of fused-ring (bicyclic) bond motifs is 2. The summed E-state index contributed by atoms with van der Waals surface area (Å²) >= 11 is 0. The topological polar surface area (TPSA) is 182 Å². The molecule has 0 aromatic carbocycles. The molecule has 0 amide bonds. The molecule has 0 fully saturated rings. The van der Waals surface area contributed by atoms with Crippen molar-refractivity contribution >= 4 is 65.1 Å². The highest BCUT2D eigenvalue weighted by Crippen LogP contribution is 2.29. The van der Waals surface area contributed by atoms with E-state index in [0.717, 1.165) is 85.9 Å². The number of nitrogens with zero attached hydrogens (tertiary/aromatic N) is 12. The molecular formula is C36H45N13O4S2. The lowest BCUT2D eigenvalue weighted by molar-refractivity contribution is 0.437. The molecule has 0 aliphatic carbocycles. The molecule has 0 saturated heterocycles. The average molecular weight is 788 g/mol. The Morgan fingerprint density at radius 3 is 1.62 bits per heavy atom. The maximum absolute atomic E-state index is 11.9. The molecule has 290 valence electrons. The summed E-state index contributed by atoms with van der Waals surface area (Å²) in [4.78, 5) is 33.5. The van der Waals surface area contributed by atoms with E-state index >= 15 is 0 Å². The van der Waals surface area contributed by atoms with Gasteiger partial charge in [-0.3, -0.25) is 14.8 Å². The minimum atomic E-state index is -3.48. The lowest BCUT2D eigenvalue weighted by Gasteiger charge is -2.22. The third-order valence-electron chi connectivity index (χ3n) is 8.96. The Hall–Kier alpha value is -5.55. The average Bonchev–Trinajstić information content (AvgIpc) is 3.73. The summed E-state index contributed by atoms with van der Waals surface area (Å²) in [5, 5.41) is 0. The Kier molecular flexibility index (Phi) is 12.5. The number of nitrogens with one attached hydrogen (secondary N) is 1. The fourth-order valence-electron chi connectivity index (χ4n) is 5.82. The minimum absolute atomic E-state index is 0.0669. The van der Waals surface area contributed by atoms with E-state index in [-0.39, 0.29) is 19.8 Å². The largest absolute Gasteiger partial charge is 0.334 e. The summed E-state index contributed by atoms with van der Waals surface area (Å²) in [6.07, 6.45) is 14.3. The second-order valence-electron chi connectivity index (χ2n) is 13.0. The minimum Gasteiger partial charge on any atom is -0.334 e. The first-order chi connectivity index (χ1) is 26.0. The standard InChI is InChI=1S/C19H23N7O2S.C17H22N6O2S/c1-6-14-7-15(11-26(12-20-2)29(5,27)28)21-10-18(14)25(4)19-8-17-16(9-22-19)23-13-24(17)3;1-5-12-6-13(8-21-26(4,24)25)18-10-16(12)23(3)17-7-15-14(9-19-17)20-11-22(15)2/h7-10,13H,6,11-12H2,1,3-5H3;6-7,9-11,21H,5,8H2,1-4H3. The highest BCUT2D eigenvalue weighted by molar-refractivity contribution is 7.88. The SMILES string of the molecule is CCc1cc(CNS(C)(=O)=O)ncc1N(C)c1cc2c(cn1)ncn2C.[C-]#[N+]CN(Cc1cc(CC)c(N(C)c2cc3c(cn2)ncn3C)cn1)S(C)(=O)=O. The first-order valence-corrected chi connectivity index (χ1v) is 21.0. The molecule has 0 aliphatic rings. The molecular weight excluding hydrogens is 743 g/mol. The Bertz CT molecular complexity index is 2580. The van der Waals surface area contributed by atoms with Gasteiger partial charge >= 0.3 is 0 Å². The molecule has 6 rings (SSSR count). The van der Waals surface area contributed by atoms with Crippen LogP contribution in [-0.4, -0.2) is 93.5 Å². The molecule has 0 radical (unpaired) electrons. The number of imidazole rings is 2. The van der Waals surface area contributed by atoms with Crippen molar-refractivity contribution in [2.45, 2.75) is 39.8 Å². The summed E-state index contributed by atoms with van der Waals surface area (Å²) in [5.74, 6) is 1.55. The molecule has 0 unspecified atom stereocenters. The summed E-state index contributed by atoms with van der Waals surface area (Å²) in [7, 11) is 1.01. The fourth-order valence-corrected chi connectivity index (χ4v) is 6.87. The fraction of sp³-hybridized carbons (Fsp3) is 0.361. The molecule has 0 aliphatic heterocycles. The monoisotopic (exact) mass is 787 g/mol. The molecule has 19 heteroatoms. The van der Waals surface area contributed by atoms with Crippen molar-refractivity contribution in [3.8, 4) is 0 Å². The molecule has 17 nitrogen and oxygen atoms in total. The second kappa shape index (κ2) is 16.9. The molecule has 0 saturated carbocycles. The number of anilines is 4. The summed E-state index contributed by atoms with van der Waals surface area (Å²) in [6, 6.07) is 7.76. The van der Waals surface area contributed by atoms with Crippen LogP contribution >= 0.6 is 0 Å². The van der Waals surface area contributed by atoms with Crippen LogP contribution in [0.15, 0.2) is 61.7 Å². The lowest BCUT2D eigenvalue weighted by atomic mass is 10.1. The van der Waals surface area contributed by atoms with Crippen LogP contribution in [0.25, 0.3) is 26.9 Å². The molecule has 6 heterocycles. The molecule has 0 bridgehead atoms. The van der Waals surface area contributed by atoms with Crippen LogP contribution < -0.4 is 14.5 Å². The normalized spacial score (nSPS) is 11.8. The molecule has 55 heavy (non-hydrogen) atoms. The summed E-state index contributed by atoms with van der Waals surface area (Å²) in [5.41, 5.74) is 8.85. The van der Waals surface area contributed by atoms with Crippen molar-refractivity contribution in [3.63, 3.8) is 0 Å². The number of rotatable bonds is 13. The summed E-state index contributed by atoms with van der Waals surface area (Å²) < 4.78 is 53.8. The predicted octanol–water partition coefficient (Wildman–Crippen LogP) is 4.07. The van der Waals surface area contributed by atoms with Crippen LogP contribution in [0.1, 0.15) is 36.4 Å². The Morgan fingerprint density at radius 2 is 1.18 bits per heavy atom. The van der Waals surface area contributed by atoms with Crippen molar-refractivity contribution in [3.05, 3.63) is 95.6 Å². The van der Waals surface area contributed by atoms with Gasteiger partial charge in [-0.05, 0) is 36.1 Å². The van der Waals surface area contributed by atoms with Crippen molar-refractivity contribution in [1.82, 2.24) is 48.1 Å². The van der Waals surface area contributed by atoms with Gasteiger partial charge in [-0.15, -0.1) is 4.31 Å². The third kappa shape index (κ3) is 9.77. The van der Waals surface area contributed by atoms with Gasteiger partial charge in [0.05, 0.1) is 96.8 Å². The predicted molar refractivity (Wildman–Crippen MR) is 214 cm³/mol. The van der Waals surface area contributed by atoms with Crippen molar-refractivity contribution < 1.29 is 16.8 Å². The molecule has 1 N–H and O–H groups in total. The first kappa shape index (κ1) is 40.6. The molecule has 6 aromatic heterocycles. The van der Waals surface area contributed by atoms with Gasteiger partial charge in [0.25, 0.3) is 6.67 Å². The zero-order valence-electron chi connectivity index (χ0n) is 32.1. The Balaban J connectivity index is 0.000000212. The van der Waals surface area contributed by atoms with Gasteiger partial charge in [0.2, 0.25) is 20.0 Å². The van der Waals surface area contributed by atoms with Gasteiger partial charge in [0, 0.05) is 40.3 Å². The number of hydrogen-bond acceptors (Lipinski definition) is 12. The van der Waals surface area contributed by atoms with Crippen LogP contribution in [-0.2, 0) is 60.1 Å². The van der Waals surface area contributed by atoms with E-state index in [0.29, 0.717) is 11.4 Å². The number of hydrogen-bond donors (Lipinski definition) is 1. The number of aryl methyl sites for hydroxylation is 4. The van der Waals surface area contributed by atoms with Crippen LogP contribution in [0.2, 0.25) is 0 Å². The Labute approximate surface area is 321 Å². The zero-order valence-corrected chi connectivity index (χ0v) is 33.8. The maximum Gasteiger partial charge on any atom is 0.283 e. The van der Waals surface area contributed by atoms with E-state index in [4.69, 9.17) is 6.57 Å². The smallest absolute Gasteiger partial charge is 0.283 e. The van der Waals surface area contributed by atoms with E-state index in [1.165, 1.54) is 0 Å². The van der Waals surface area contributed by atoms with E-state index in [1.54, 1.807) is 37.4 Å². The second-order valence-corrected chi connectivity index (χ2v) is 16.8. The van der Waals surface area contributed by atoms with Gasteiger partial charge in [-0.1, -0.05) is 13.8 Å². The van der Waals surface area contributed by atoms with E-state index in [9.17, 15) is 16.8 Å². The Morgan fingerprint density at radius 1 is 0.709 bits per heavy atom. The number of sulfonamides is 2. The van der Waals surface area contributed by atoms with Gasteiger partial charge in [-0.25, -0.2) is 48.1 Å². The third-order valence-corrected chi connectivity index (χ3v) is 10.8. The zero-order chi connectivity index (χ0) is 40.1. The molecule has 0 spiro atoms. The van der Waals surface area contributed by atoms with E-state index in [1.807, 2.05) is 78.3 Å². The van der Waals surface area contributed by atoms with Crippen LogP contribution in [0.4, 0.5) is 23.0 Å².